The summed E-state index contributed by atoms with van der Waals surface area (Å²) < 4.78 is 0. The SMILES string of the molecule is CCc1nc(N2CCCC(CC)C2)sc1CNC(C)(C)C. The highest BCUT2D eigenvalue weighted by Crippen LogP contribution is 2.31. The number of thiazole rings is 1. The maximum atomic E-state index is 4.93. The number of hydrogen-bond acceptors (Lipinski definition) is 4. The first kappa shape index (κ1) is 16.8. The summed E-state index contributed by atoms with van der Waals surface area (Å²) in [7, 11) is 0. The van der Waals surface area contributed by atoms with Gasteiger partial charge in [0.05, 0.1) is 5.69 Å². The number of anilines is 1. The molecule has 1 aliphatic heterocycles. The van der Waals surface area contributed by atoms with Crippen LogP contribution in [0, 0.1) is 5.92 Å². The number of aromatic nitrogens is 1. The summed E-state index contributed by atoms with van der Waals surface area (Å²) >= 11 is 1.90. The van der Waals surface area contributed by atoms with E-state index in [2.05, 4.69) is 44.8 Å². The first-order valence-corrected chi connectivity index (χ1v) is 9.23. The van der Waals surface area contributed by atoms with Crippen molar-refractivity contribution in [3.05, 3.63) is 10.6 Å². The molecule has 3 nitrogen and oxygen atoms in total. The van der Waals surface area contributed by atoms with Crippen molar-refractivity contribution in [2.45, 2.75) is 72.4 Å². The van der Waals surface area contributed by atoms with E-state index in [9.17, 15) is 0 Å². The Bertz CT molecular complexity index is 447. The summed E-state index contributed by atoms with van der Waals surface area (Å²) in [6.07, 6.45) is 5.02. The molecule has 1 fully saturated rings. The Balaban J connectivity index is 2.08. The first-order chi connectivity index (χ1) is 9.93. The van der Waals surface area contributed by atoms with E-state index < -0.39 is 0 Å². The molecule has 1 atom stereocenters. The molecule has 1 aliphatic rings. The van der Waals surface area contributed by atoms with E-state index in [-0.39, 0.29) is 5.54 Å². The number of piperidine rings is 1. The smallest absolute Gasteiger partial charge is 0.185 e. The van der Waals surface area contributed by atoms with Crippen molar-refractivity contribution >= 4 is 16.5 Å². The second kappa shape index (κ2) is 7.10. The molecular weight excluding hydrogens is 278 g/mol. The van der Waals surface area contributed by atoms with Crippen LogP contribution in [0.2, 0.25) is 0 Å². The number of hydrogen-bond donors (Lipinski definition) is 1. The molecule has 2 heterocycles. The van der Waals surface area contributed by atoms with Crippen molar-refractivity contribution < 1.29 is 0 Å². The number of rotatable bonds is 5. The van der Waals surface area contributed by atoms with Crippen molar-refractivity contribution in [1.82, 2.24) is 10.3 Å². The molecule has 0 aliphatic carbocycles. The lowest BCUT2D eigenvalue weighted by molar-refractivity contribution is 0.404. The maximum Gasteiger partial charge on any atom is 0.185 e. The lowest BCUT2D eigenvalue weighted by Gasteiger charge is -2.32. The van der Waals surface area contributed by atoms with Crippen LogP contribution in [-0.2, 0) is 13.0 Å². The van der Waals surface area contributed by atoms with Gasteiger partial charge in [-0.05, 0) is 46.0 Å². The minimum absolute atomic E-state index is 0.160. The third-order valence-electron chi connectivity index (χ3n) is 4.25. The van der Waals surface area contributed by atoms with Gasteiger partial charge in [0.25, 0.3) is 0 Å². The molecule has 0 spiro atoms. The Labute approximate surface area is 134 Å². The zero-order chi connectivity index (χ0) is 15.5. The van der Waals surface area contributed by atoms with Crippen LogP contribution in [-0.4, -0.2) is 23.6 Å². The molecule has 2 rings (SSSR count). The quantitative estimate of drug-likeness (QED) is 0.882. The van der Waals surface area contributed by atoms with Crippen molar-refractivity contribution in [2.75, 3.05) is 18.0 Å². The predicted molar refractivity (Wildman–Crippen MR) is 93.3 cm³/mol. The number of nitrogens with zero attached hydrogens (tertiary/aromatic N) is 2. The van der Waals surface area contributed by atoms with Crippen molar-refractivity contribution in [2.24, 2.45) is 5.92 Å². The fraction of sp³-hybridized carbons (Fsp3) is 0.824. The summed E-state index contributed by atoms with van der Waals surface area (Å²) in [6, 6.07) is 0. The molecule has 0 saturated carbocycles. The lowest BCUT2D eigenvalue weighted by atomic mass is 9.96. The molecule has 1 aromatic heterocycles. The van der Waals surface area contributed by atoms with E-state index in [0.717, 1.165) is 18.9 Å². The highest BCUT2D eigenvalue weighted by Gasteiger charge is 2.22. The van der Waals surface area contributed by atoms with Crippen LogP contribution in [0.25, 0.3) is 0 Å². The fourth-order valence-electron chi connectivity index (χ4n) is 2.84. The van der Waals surface area contributed by atoms with Crippen LogP contribution >= 0.6 is 11.3 Å². The largest absolute Gasteiger partial charge is 0.348 e. The molecule has 1 N–H and O–H groups in total. The zero-order valence-corrected chi connectivity index (χ0v) is 15.1. The molecule has 21 heavy (non-hydrogen) atoms. The molecule has 4 heteroatoms. The van der Waals surface area contributed by atoms with Crippen LogP contribution < -0.4 is 10.2 Å². The van der Waals surface area contributed by atoms with Crippen LogP contribution in [0.5, 0.6) is 0 Å². The van der Waals surface area contributed by atoms with Gasteiger partial charge in [0.1, 0.15) is 0 Å². The summed E-state index contributed by atoms with van der Waals surface area (Å²) in [4.78, 5) is 8.86. The van der Waals surface area contributed by atoms with E-state index in [1.54, 1.807) is 0 Å². The molecule has 1 aromatic rings. The maximum absolute atomic E-state index is 4.93. The van der Waals surface area contributed by atoms with Crippen LogP contribution in [0.15, 0.2) is 0 Å². The van der Waals surface area contributed by atoms with E-state index >= 15 is 0 Å². The average molecular weight is 310 g/mol. The minimum atomic E-state index is 0.160. The van der Waals surface area contributed by atoms with Crippen LogP contribution in [0.4, 0.5) is 5.13 Å². The summed E-state index contributed by atoms with van der Waals surface area (Å²) in [5.74, 6) is 0.851. The Morgan fingerprint density at radius 1 is 1.33 bits per heavy atom. The second-order valence-electron chi connectivity index (χ2n) is 7.19. The molecule has 1 unspecified atom stereocenters. The molecule has 0 radical (unpaired) electrons. The van der Waals surface area contributed by atoms with Crippen molar-refractivity contribution in [3.63, 3.8) is 0 Å². The van der Waals surface area contributed by atoms with Gasteiger partial charge in [-0.2, -0.15) is 0 Å². The van der Waals surface area contributed by atoms with Crippen molar-refractivity contribution in [1.29, 1.82) is 0 Å². The van der Waals surface area contributed by atoms with E-state index in [0.29, 0.717) is 0 Å². The summed E-state index contributed by atoms with van der Waals surface area (Å²) in [6.45, 7) is 14.5. The van der Waals surface area contributed by atoms with Gasteiger partial charge < -0.3 is 10.2 Å². The van der Waals surface area contributed by atoms with E-state index in [1.807, 2.05) is 11.3 Å². The molecule has 0 amide bonds. The fourth-order valence-corrected chi connectivity index (χ4v) is 3.96. The Morgan fingerprint density at radius 3 is 2.71 bits per heavy atom. The standard InChI is InChI=1S/C17H31N3S/c1-6-13-9-8-10-20(12-13)16-19-14(7-2)15(21-16)11-18-17(3,4)5/h13,18H,6-12H2,1-5H3. The zero-order valence-electron chi connectivity index (χ0n) is 14.3. The highest BCUT2D eigenvalue weighted by atomic mass is 32.1. The van der Waals surface area contributed by atoms with Gasteiger partial charge in [0, 0.05) is 30.1 Å². The van der Waals surface area contributed by atoms with Crippen LogP contribution in [0.3, 0.4) is 0 Å². The minimum Gasteiger partial charge on any atom is -0.348 e. The summed E-state index contributed by atoms with van der Waals surface area (Å²) in [5, 5.41) is 4.85. The molecule has 0 bridgehead atoms. The topological polar surface area (TPSA) is 28.2 Å². The number of aryl methyl sites for hydroxylation is 1. The first-order valence-electron chi connectivity index (χ1n) is 8.41. The molecule has 1 saturated heterocycles. The van der Waals surface area contributed by atoms with Gasteiger partial charge in [0.15, 0.2) is 5.13 Å². The monoisotopic (exact) mass is 309 g/mol. The van der Waals surface area contributed by atoms with Gasteiger partial charge in [-0.1, -0.05) is 20.3 Å². The average Bonchev–Trinajstić information content (AvgIpc) is 2.88. The predicted octanol–water partition coefficient (Wildman–Crippen LogP) is 4.22. The third-order valence-corrected chi connectivity index (χ3v) is 5.41. The van der Waals surface area contributed by atoms with Crippen molar-refractivity contribution in [3.8, 4) is 0 Å². The Kier molecular flexibility index (Phi) is 5.67. The van der Waals surface area contributed by atoms with Gasteiger partial charge >= 0.3 is 0 Å². The lowest BCUT2D eigenvalue weighted by Crippen LogP contribution is -2.35. The summed E-state index contributed by atoms with van der Waals surface area (Å²) in [5.41, 5.74) is 1.44. The normalized spacial score (nSPS) is 20.0. The van der Waals surface area contributed by atoms with E-state index in [1.165, 1.54) is 48.1 Å². The van der Waals surface area contributed by atoms with E-state index in [4.69, 9.17) is 4.98 Å². The van der Waals surface area contributed by atoms with Gasteiger partial charge in [-0.3, -0.25) is 0 Å². The van der Waals surface area contributed by atoms with Gasteiger partial charge in [-0.15, -0.1) is 11.3 Å². The van der Waals surface area contributed by atoms with Crippen LogP contribution in [0.1, 0.15) is 64.5 Å². The third kappa shape index (κ3) is 4.68. The van der Waals surface area contributed by atoms with Gasteiger partial charge in [-0.25, -0.2) is 4.98 Å². The molecular formula is C17H31N3S. The molecule has 120 valence electrons. The second-order valence-corrected chi connectivity index (χ2v) is 8.25. The molecule has 0 aromatic carbocycles. The van der Waals surface area contributed by atoms with Gasteiger partial charge in [0.2, 0.25) is 0 Å². The Morgan fingerprint density at radius 2 is 2.10 bits per heavy atom. The Hall–Kier alpha value is -0.610. The number of nitrogens with one attached hydrogen (secondary N) is 1. The highest BCUT2D eigenvalue weighted by molar-refractivity contribution is 7.15.